The summed E-state index contributed by atoms with van der Waals surface area (Å²) in [6.07, 6.45) is 2.52. The SMILES string of the molecule is CC1CC1C(=O)Nc1ccc(N)cn1. The van der Waals surface area contributed by atoms with Gasteiger partial charge in [-0.3, -0.25) is 4.79 Å². The van der Waals surface area contributed by atoms with Crippen molar-refractivity contribution in [3.8, 4) is 0 Å². The van der Waals surface area contributed by atoms with E-state index in [9.17, 15) is 4.79 Å². The minimum atomic E-state index is 0.0646. The fourth-order valence-electron chi connectivity index (χ4n) is 1.39. The van der Waals surface area contributed by atoms with Crippen LogP contribution < -0.4 is 11.1 Å². The number of rotatable bonds is 2. The van der Waals surface area contributed by atoms with Crippen LogP contribution in [0.25, 0.3) is 0 Å². The summed E-state index contributed by atoms with van der Waals surface area (Å²) >= 11 is 0. The third-order valence-corrected chi connectivity index (χ3v) is 2.48. The van der Waals surface area contributed by atoms with E-state index in [0.717, 1.165) is 6.42 Å². The minimum Gasteiger partial charge on any atom is -0.397 e. The van der Waals surface area contributed by atoms with Crippen LogP contribution in [0.15, 0.2) is 18.3 Å². The van der Waals surface area contributed by atoms with Crippen LogP contribution in [0.2, 0.25) is 0 Å². The zero-order valence-electron chi connectivity index (χ0n) is 8.03. The standard InChI is InChI=1S/C10H13N3O/c1-6-4-8(6)10(14)13-9-3-2-7(11)5-12-9/h2-3,5-6,8H,4,11H2,1H3,(H,12,13,14). The van der Waals surface area contributed by atoms with Gasteiger partial charge >= 0.3 is 0 Å². The molecule has 1 aliphatic carbocycles. The van der Waals surface area contributed by atoms with Crippen molar-refractivity contribution in [3.05, 3.63) is 18.3 Å². The molecule has 74 valence electrons. The quantitative estimate of drug-likeness (QED) is 0.739. The van der Waals surface area contributed by atoms with Gasteiger partial charge in [0.1, 0.15) is 5.82 Å². The summed E-state index contributed by atoms with van der Waals surface area (Å²) in [5.41, 5.74) is 6.08. The Morgan fingerprint density at radius 2 is 2.36 bits per heavy atom. The van der Waals surface area contributed by atoms with Crippen molar-refractivity contribution in [3.63, 3.8) is 0 Å². The Hall–Kier alpha value is -1.58. The highest BCUT2D eigenvalue weighted by Gasteiger charge is 2.39. The molecule has 3 N–H and O–H groups in total. The van der Waals surface area contributed by atoms with Gasteiger partial charge in [0.25, 0.3) is 0 Å². The Morgan fingerprint density at radius 1 is 1.64 bits per heavy atom. The van der Waals surface area contributed by atoms with Gasteiger partial charge in [0.2, 0.25) is 5.91 Å². The molecule has 2 atom stereocenters. The van der Waals surface area contributed by atoms with Crippen molar-refractivity contribution in [1.29, 1.82) is 0 Å². The van der Waals surface area contributed by atoms with E-state index in [2.05, 4.69) is 17.2 Å². The fourth-order valence-corrected chi connectivity index (χ4v) is 1.39. The van der Waals surface area contributed by atoms with Gasteiger partial charge in [-0.25, -0.2) is 4.98 Å². The molecule has 14 heavy (non-hydrogen) atoms. The molecule has 4 heteroatoms. The molecular formula is C10H13N3O. The van der Waals surface area contributed by atoms with Crippen molar-refractivity contribution in [1.82, 2.24) is 4.98 Å². The molecule has 0 aromatic carbocycles. The molecule has 1 aliphatic rings. The number of nitrogen functional groups attached to an aromatic ring is 1. The van der Waals surface area contributed by atoms with Gasteiger partial charge in [0.15, 0.2) is 0 Å². The smallest absolute Gasteiger partial charge is 0.228 e. The van der Waals surface area contributed by atoms with Crippen molar-refractivity contribution in [2.24, 2.45) is 11.8 Å². The molecule has 0 saturated heterocycles. The van der Waals surface area contributed by atoms with Crippen LogP contribution in [-0.2, 0) is 4.79 Å². The summed E-state index contributed by atoms with van der Waals surface area (Å²) in [5.74, 6) is 1.33. The molecule has 1 aromatic rings. The van der Waals surface area contributed by atoms with Gasteiger partial charge in [-0.1, -0.05) is 6.92 Å². The first-order valence-electron chi connectivity index (χ1n) is 4.69. The number of carbonyl (C=O) groups is 1. The van der Waals surface area contributed by atoms with Gasteiger partial charge in [0.05, 0.1) is 11.9 Å². The molecule has 0 bridgehead atoms. The molecule has 2 unspecified atom stereocenters. The van der Waals surface area contributed by atoms with Gasteiger partial charge in [-0.2, -0.15) is 0 Å². The highest BCUT2D eigenvalue weighted by molar-refractivity contribution is 5.93. The summed E-state index contributed by atoms with van der Waals surface area (Å²) in [6.45, 7) is 2.07. The molecule has 2 rings (SSSR count). The zero-order valence-corrected chi connectivity index (χ0v) is 8.03. The summed E-state index contributed by atoms with van der Waals surface area (Å²) in [5, 5.41) is 2.76. The normalized spacial score (nSPS) is 24.4. The van der Waals surface area contributed by atoms with E-state index in [-0.39, 0.29) is 11.8 Å². The topological polar surface area (TPSA) is 68.0 Å². The maximum absolute atomic E-state index is 11.5. The molecule has 0 radical (unpaired) electrons. The van der Waals surface area contributed by atoms with Gasteiger partial charge in [-0.15, -0.1) is 0 Å². The maximum Gasteiger partial charge on any atom is 0.228 e. The number of hydrogen-bond donors (Lipinski definition) is 2. The predicted octanol–water partition coefficient (Wildman–Crippen LogP) is 1.26. The minimum absolute atomic E-state index is 0.0646. The Kier molecular flexibility index (Phi) is 2.11. The Labute approximate surface area is 82.5 Å². The average Bonchev–Trinajstić information content (AvgIpc) is 2.87. The third kappa shape index (κ3) is 1.84. The summed E-state index contributed by atoms with van der Waals surface area (Å²) in [7, 11) is 0. The molecule has 1 aromatic heterocycles. The lowest BCUT2D eigenvalue weighted by molar-refractivity contribution is -0.117. The number of hydrogen-bond acceptors (Lipinski definition) is 3. The fraction of sp³-hybridized carbons (Fsp3) is 0.400. The van der Waals surface area contributed by atoms with Crippen LogP contribution in [0, 0.1) is 11.8 Å². The molecule has 1 saturated carbocycles. The number of nitrogens with one attached hydrogen (secondary N) is 1. The summed E-state index contributed by atoms with van der Waals surface area (Å²) in [4.78, 5) is 15.5. The zero-order chi connectivity index (χ0) is 10.1. The number of nitrogens with zero attached hydrogens (tertiary/aromatic N) is 1. The molecule has 1 amide bonds. The number of amides is 1. The number of aromatic nitrogens is 1. The lowest BCUT2D eigenvalue weighted by atomic mass is 10.3. The highest BCUT2D eigenvalue weighted by Crippen LogP contribution is 2.38. The van der Waals surface area contributed by atoms with Crippen molar-refractivity contribution >= 4 is 17.4 Å². The maximum atomic E-state index is 11.5. The molecular weight excluding hydrogens is 178 g/mol. The number of anilines is 2. The van der Waals surface area contributed by atoms with E-state index >= 15 is 0 Å². The van der Waals surface area contributed by atoms with Gasteiger partial charge in [-0.05, 0) is 24.5 Å². The van der Waals surface area contributed by atoms with Crippen LogP contribution in [0.4, 0.5) is 11.5 Å². The number of nitrogens with two attached hydrogens (primary N) is 1. The van der Waals surface area contributed by atoms with E-state index in [1.807, 2.05) is 0 Å². The van der Waals surface area contributed by atoms with Gasteiger partial charge in [0, 0.05) is 5.92 Å². The van der Waals surface area contributed by atoms with E-state index in [4.69, 9.17) is 5.73 Å². The predicted molar refractivity (Wildman–Crippen MR) is 54.6 cm³/mol. The first-order chi connectivity index (χ1) is 6.66. The number of pyridine rings is 1. The average molecular weight is 191 g/mol. The molecule has 1 fully saturated rings. The second-order valence-electron chi connectivity index (χ2n) is 3.79. The molecule has 0 aliphatic heterocycles. The first kappa shape index (κ1) is 8.99. The molecule has 0 spiro atoms. The first-order valence-corrected chi connectivity index (χ1v) is 4.69. The van der Waals surface area contributed by atoms with Crippen LogP contribution in [0.3, 0.4) is 0 Å². The lowest BCUT2D eigenvalue weighted by Crippen LogP contribution is -2.15. The van der Waals surface area contributed by atoms with Gasteiger partial charge < -0.3 is 11.1 Å². The Balaban J connectivity index is 1.97. The van der Waals surface area contributed by atoms with E-state index < -0.39 is 0 Å². The largest absolute Gasteiger partial charge is 0.397 e. The second kappa shape index (κ2) is 3.29. The van der Waals surface area contributed by atoms with Crippen LogP contribution >= 0.6 is 0 Å². The van der Waals surface area contributed by atoms with Crippen LogP contribution in [0.5, 0.6) is 0 Å². The Morgan fingerprint density at radius 3 is 2.86 bits per heavy atom. The van der Waals surface area contributed by atoms with E-state index in [1.165, 1.54) is 6.20 Å². The van der Waals surface area contributed by atoms with Crippen molar-refractivity contribution in [2.75, 3.05) is 11.1 Å². The molecule has 4 nitrogen and oxygen atoms in total. The van der Waals surface area contributed by atoms with Crippen LogP contribution in [-0.4, -0.2) is 10.9 Å². The van der Waals surface area contributed by atoms with Crippen molar-refractivity contribution < 1.29 is 4.79 Å². The van der Waals surface area contributed by atoms with E-state index in [1.54, 1.807) is 12.1 Å². The summed E-state index contributed by atoms with van der Waals surface area (Å²) in [6, 6.07) is 3.43. The lowest BCUT2D eigenvalue weighted by Gasteiger charge is -2.02. The van der Waals surface area contributed by atoms with Crippen molar-refractivity contribution in [2.45, 2.75) is 13.3 Å². The number of carbonyl (C=O) groups excluding carboxylic acids is 1. The Bertz CT molecular complexity index is 347. The van der Waals surface area contributed by atoms with E-state index in [0.29, 0.717) is 17.4 Å². The second-order valence-corrected chi connectivity index (χ2v) is 3.79. The monoisotopic (exact) mass is 191 g/mol. The van der Waals surface area contributed by atoms with Crippen LogP contribution in [0.1, 0.15) is 13.3 Å². The summed E-state index contributed by atoms with van der Waals surface area (Å²) < 4.78 is 0. The highest BCUT2D eigenvalue weighted by atomic mass is 16.2. The third-order valence-electron chi connectivity index (χ3n) is 2.48. The molecule has 1 heterocycles.